The monoisotopic (exact) mass is 373 g/mol. The number of Topliss-reactive ketones (excluding diaryl/α,β-unsaturated/α-hetero) is 2. The number of ketones is 2. The lowest BCUT2D eigenvalue weighted by Gasteiger charge is -2.33. The van der Waals surface area contributed by atoms with Crippen LogP contribution < -0.4 is 4.74 Å². The minimum absolute atomic E-state index is 0.00715. The summed E-state index contributed by atoms with van der Waals surface area (Å²) < 4.78 is 10.2. The molecule has 1 aliphatic rings. The summed E-state index contributed by atoms with van der Waals surface area (Å²) in [6, 6.07) is 11.4. The van der Waals surface area contributed by atoms with Crippen LogP contribution in [0.25, 0.3) is 10.8 Å². The zero-order valence-electron chi connectivity index (χ0n) is 14.8. The van der Waals surface area contributed by atoms with Crippen LogP contribution in [0.3, 0.4) is 0 Å². The number of methoxy groups -OCH3 is 1. The summed E-state index contributed by atoms with van der Waals surface area (Å²) >= 11 is 0. The topological polar surface area (TPSA) is 105 Å². The van der Waals surface area contributed by atoms with Gasteiger partial charge in [-0.25, -0.2) is 0 Å². The van der Waals surface area contributed by atoms with Crippen LogP contribution in [0.15, 0.2) is 36.4 Å². The second-order valence-corrected chi connectivity index (χ2v) is 6.35. The molecule has 0 radical (unpaired) electrons. The van der Waals surface area contributed by atoms with Crippen LogP contribution in [-0.2, 0) is 25.6 Å². The Kier molecular flexibility index (Phi) is 5.66. The van der Waals surface area contributed by atoms with Crippen LogP contribution in [0.2, 0.25) is 0 Å². The Hall–Kier alpha value is -3.00. The molecule has 2 unspecified atom stereocenters. The zero-order chi connectivity index (χ0) is 19.4. The molecule has 142 valence electrons. The van der Waals surface area contributed by atoms with Crippen molar-refractivity contribution in [1.29, 1.82) is 0 Å². The first kappa shape index (κ1) is 18.8. The summed E-state index contributed by atoms with van der Waals surface area (Å²) in [4.78, 5) is 38.9. The Morgan fingerprint density at radius 3 is 2.59 bits per heavy atom. The number of hydrogen-bond acceptors (Lipinski definition) is 7. The van der Waals surface area contributed by atoms with Crippen molar-refractivity contribution in [3.05, 3.63) is 52.1 Å². The molecule has 2 atom stereocenters. The van der Waals surface area contributed by atoms with Crippen LogP contribution >= 0.6 is 0 Å². The maximum absolute atomic E-state index is 12.2. The molecule has 0 aliphatic carbocycles. The Bertz CT molecular complexity index is 879. The first-order chi connectivity index (χ1) is 13.0. The van der Waals surface area contributed by atoms with Gasteiger partial charge in [-0.3, -0.25) is 9.59 Å². The molecule has 8 nitrogen and oxygen atoms in total. The predicted molar refractivity (Wildman–Crippen MR) is 95.1 cm³/mol. The Labute approximate surface area is 155 Å². The third-order valence-corrected chi connectivity index (χ3v) is 4.48. The van der Waals surface area contributed by atoms with Crippen molar-refractivity contribution in [3.8, 4) is 5.75 Å². The minimum Gasteiger partial charge on any atom is -0.497 e. The SMILES string of the molecule is COc1ccc2cc(CC(=O)CCC(=O)C3OCC3O[N+](=O)[O-])ccc2c1. The summed E-state index contributed by atoms with van der Waals surface area (Å²) in [5.41, 5.74) is 0.861. The number of nitrogens with zero attached hydrogens (tertiary/aromatic N) is 1. The Morgan fingerprint density at radius 1 is 1.19 bits per heavy atom. The number of fused-ring (bicyclic) bond motifs is 1. The molecule has 27 heavy (non-hydrogen) atoms. The third kappa shape index (κ3) is 4.59. The lowest BCUT2D eigenvalue weighted by molar-refractivity contribution is -0.775. The molecule has 1 aliphatic heterocycles. The number of carbonyl (C=O) groups is 2. The first-order valence-corrected chi connectivity index (χ1v) is 8.50. The van der Waals surface area contributed by atoms with E-state index in [4.69, 9.17) is 9.47 Å². The van der Waals surface area contributed by atoms with Gasteiger partial charge in [-0.05, 0) is 28.5 Å². The molecule has 0 aromatic heterocycles. The standard InChI is InChI=1S/C19H19NO7/c1-25-16-6-4-13-8-12(2-3-14(13)10-16)9-15(21)5-7-17(22)19-18(11-26-19)27-20(23)24/h2-4,6,8,10,18-19H,5,7,9,11H2,1H3. The second-order valence-electron chi connectivity index (χ2n) is 6.35. The van der Waals surface area contributed by atoms with Gasteiger partial charge in [-0.2, -0.15) is 0 Å². The normalized spacial score (nSPS) is 18.6. The van der Waals surface area contributed by atoms with E-state index in [-0.39, 0.29) is 37.4 Å². The molecule has 8 heteroatoms. The summed E-state index contributed by atoms with van der Waals surface area (Å²) in [6.45, 7) is 0.00715. The van der Waals surface area contributed by atoms with Crippen molar-refractivity contribution in [1.82, 2.24) is 0 Å². The quantitative estimate of drug-likeness (QED) is 0.490. The fourth-order valence-electron chi connectivity index (χ4n) is 3.00. The van der Waals surface area contributed by atoms with Gasteiger partial charge in [0.05, 0.1) is 13.7 Å². The molecule has 1 heterocycles. The van der Waals surface area contributed by atoms with E-state index in [1.807, 2.05) is 36.4 Å². The molecule has 1 fully saturated rings. The third-order valence-electron chi connectivity index (χ3n) is 4.48. The van der Waals surface area contributed by atoms with Gasteiger partial charge in [0.2, 0.25) is 0 Å². The highest BCUT2D eigenvalue weighted by Gasteiger charge is 2.40. The highest BCUT2D eigenvalue weighted by atomic mass is 17.0. The molecule has 0 bridgehead atoms. The highest BCUT2D eigenvalue weighted by Crippen LogP contribution is 2.23. The first-order valence-electron chi connectivity index (χ1n) is 8.50. The number of rotatable bonds is 9. The molecular formula is C19H19NO7. The van der Waals surface area contributed by atoms with Gasteiger partial charge in [0.25, 0.3) is 5.09 Å². The average Bonchev–Trinajstić information content (AvgIpc) is 2.63. The zero-order valence-corrected chi connectivity index (χ0v) is 14.8. The van der Waals surface area contributed by atoms with E-state index in [1.54, 1.807) is 7.11 Å². The smallest absolute Gasteiger partial charge is 0.294 e. The van der Waals surface area contributed by atoms with E-state index in [2.05, 4.69) is 4.84 Å². The number of benzene rings is 2. The Morgan fingerprint density at radius 2 is 1.93 bits per heavy atom. The summed E-state index contributed by atoms with van der Waals surface area (Å²) in [5.74, 6) is 0.330. The van der Waals surface area contributed by atoms with Crippen LogP contribution in [0.1, 0.15) is 18.4 Å². The van der Waals surface area contributed by atoms with Crippen molar-refractivity contribution in [2.24, 2.45) is 0 Å². The lowest BCUT2D eigenvalue weighted by Crippen LogP contribution is -2.52. The van der Waals surface area contributed by atoms with Crippen LogP contribution in [0, 0.1) is 10.1 Å². The van der Waals surface area contributed by atoms with E-state index in [0.717, 1.165) is 22.1 Å². The molecule has 0 N–H and O–H groups in total. The maximum atomic E-state index is 12.2. The van der Waals surface area contributed by atoms with Crippen LogP contribution in [0.5, 0.6) is 5.75 Å². The van der Waals surface area contributed by atoms with Crippen molar-refractivity contribution in [2.75, 3.05) is 13.7 Å². The van der Waals surface area contributed by atoms with Crippen molar-refractivity contribution >= 4 is 22.3 Å². The Balaban J connectivity index is 1.52. The summed E-state index contributed by atoms with van der Waals surface area (Å²) in [5, 5.41) is 11.4. The second kappa shape index (κ2) is 8.13. The fourth-order valence-corrected chi connectivity index (χ4v) is 3.00. The average molecular weight is 373 g/mol. The van der Waals surface area contributed by atoms with E-state index in [0.29, 0.717) is 0 Å². The molecule has 1 saturated heterocycles. The largest absolute Gasteiger partial charge is 0.497 e. The van der Waals surface area contributed by atoms with Crippen molar-refractivity contribution < 1.29 is 29.0 Å². The van der Waals surface area contributed by atoms with Gasteiger partial charge in [-0.1, -0.05) is 24.3 Å². The number of carbonyl (C=O) groups excluding carboxylic acids is 2. The lowest BCUT2D eigenvalue weighted by atomic mass is 9.97. The highest BCUT2D eigenvalue weighted by molar-refractivity contribution is 5.91. The van der Waals surface area contributed by atoms with E-state index >= 15 is 0 Å². The van der Waals surface area contributed by atoms with Crippen molar-refractivity contribution in [2.45, 2.75) is 31.5 Å². The van der Waals surface area contributed by atoms with Gasteiger partial charge in [0.15, 0.2) is 11.9 Å². The molecule has 2 aromatic carbocycles. The van der Waals surface area contributed by atoms with Gasteiger partial charge in [0.1, 0.15) is 17.6 Å². The van der Waals surface area contributed by atoms with E-state index < -0.39 is 17.3 Å². The molecule has 0 saturated carbocycles. The van der Waals surface area contributed by atoms with Gasteiger partial charge in [0, 0.05) is 19.3 Å². The minimum atomic E-state index is -0.959. The van der Waals surface area contributed by atoms with Gasteiger partial charge in [-0.15, -0.1) is 10.1 Å². The van der Waals surface area contributed by atoms with Gasteiger partial charge >= 0.3 is 0 Å². The van der Waals surface area contributed by atoms with Gasteiger partial charge < -0.3 is 14.3 Å². The maximum Gasteiger partial charge on any atom is 0.294 e. The van der Waals surface area contributed by atoms with E-state index in [9.17, 15) is 19.7 Å². The summed E-state index contributed by atoms with van der Waals surface area (Å²) in [6.07, 6.45) is -1.58. The van der Waals surface area contributed by atoms with Crippen LogP contribution in [-0.4, -0.2) is 42.6 Å². The van der Waals surface area contributed by atoms with Crippen LogP contribution in [0.4, 0.5) is 0 Å². The fraction of sp³-hybridized carbons (Fsp3) is 0.368. The molecular weight excluding hydrogens is 354 g/mol. The summed E-state index contributed by atoms with van der Waals surface area (Å²) in [7, 11) is 1.61. The molecule has 3 rings (SSSR count). The van der Waals surface area contributed by atoms with Crippen molar-refractivity contribution in [3.63, 3.8) is 0 Å². The molecule has 0 spiro atoms. The molecule has 2 aromatic rings. The molecule has 0 amide bonds. The van der Waals surface area contributed by atoms with E-state index in [1.165, 1.54) is 0 Å². The number of ether oxygens (including phenoxy) is 2. The predicted octanol–water partition coefficient (Wildman–Crippen LogP) is 2.29. The number of hydrogen-bond donors (Lipinski definition) is 0.